The molecule has 3 rings (SSSR count). The van der Waals surface area contributed by atoms with E-state index >= 15 is 0 Å². The van der Waals surface area contributed by atoms with E-state index in [1.54, 1.807) is 38.5 Å². The van der Waals surface area contributed by atoms with Gasteiger partial charge in [-0.2, -0.15) is 5.10 Å². The number of hydrazone groups is 1. The maximum atomic E-state index is 12.5. The summed E-state index contributed by atoms with van der Waals surface area (Å²) in [6.07, 6.45) is 1.83. The van der Waals surface area contributed by atoms with Gasteiger partial charge in [-0.1, -0.05) is 24.3 Å². The van der Waals surface area contributed by atoms with Crippen molar-refractivity contribution in [2.24, 2.45) is 5.10 Å². The molecule has 0 fully saturated rings. The van der Waals surface area contributed by atoms with E-state index < -0.39 is 11.8 Å². The molecule has 42 heavy (non-hydrogen) atoms. The number of methoxy groups -OCH3 is 3. The van der Waals surface area contributed by atoms with Crippen LogP contribution in [0.25, 0.3) is 0 Å². The van der Waals surface area contributed by atoms with Crippen molar-refractivity contribution in [2.75, 3.05) is 39.8 Å². The molecule has 3 N–H and O–H groups in total. The number of aryl methyl sites for hydroxylation is 2. The fourth-order valence-electron chi connectivity index (χ4n) is 3.93. The van der Waals surface area contributed by atoms with Crippen LogP contribution in [0.2, 0.25) is 0 Å². The minimum Gasteiger partial charge on any atom is -0.493 e. The molecule has 0 radical (unpaired) electrons. The van der Waals surface area contributed by atoms with Gasteiger partial charge in [-0.25, -0.2) is 5.43 Å². The molecule has 0 atom stereocenters. The van der Waals surface area contributed by atoms with Gasteiger partial charge in [0.05, 0.1) is 32.0 Å². The molecule has 11 nitrogen and oxygen atoms in total. The molecule has 222 valence electrons. The Bertz CT molecular complexity index is 1460. The normalized spacial score (nSPS) is 10.6. The molecule has 0 heterocycles. The third kappa shape index (κ3) is 8.71. The summed E-state index contributed by atoms with van der Waals surface area (Å²) in [6, 6.07) is 14.5. The monoisotopic (exact) mass is 640 g/mol. The van der Waals surface area contributed by atoms with Gasteiger partial charge in [0.2, 0.25) is 0 Å². The summed E-state index contributed by atoms with van der Waals surface area (Å²) in [5.74, 6) is -0.222. The number of nitrogens with one attached hydrogen (secondary N) is 3. The summed E-state index contributed by atoms with van der Waals surface area (Å²) in [7, 11) is 4.55. The molecule has 3 amide bonds. The van der Waals surface area contributed by atoms with Crippen LogP contribution < -0.4 is 35.0 Å². The lowest BCUT2D eigenvalue weighted by molar-refractivity contribution is -0.139. The molecule has 0 spiro atoms. The van der Waals surface area contributed by atoms with Crippen LogP contribution in [0, 0.1) is 13.8 Å². The van der Waals surface area contributed by atoms with Gasteiger partial charge < -0.3 is 29.6 Å². The van der Waals surface area contributed by atoms with Crippen LogP contribution in [-0.4, -0.2) is 58.4 Å². The molecule has 0 aromatic heterocycles. The van der Waals surface area contributed by atoms with E-state index in [0.29, 0.717) is 39.5 Å². The van der Waals surface area contributed by atoms with Crippen molar-refractivity contribution < 1.29 is 33.3 Å². The minimum atomic E-state index is -0.917. The molecule has 0 saturated carbocycles. The van der Waals surface area contributed by atoms with E-state index in [1.165, 1.54) is 13.3 Å². The van der Waals surface area contributed by atoms with Gasteiger partial charge in [0.1, 0.15) is 0 Å². The number of anilines is 1. The second-order valence-corrected chi connectivity index (χ2v) is 9.89. The molecule has 0 bridgehead atoms. The second kappa shape index (κ2) is 15.4. The number of rotatable bonds is 12. The Balaban J connectivity index is 1.52. The summed E-state index contributed by atoms with van der Waals surface area (Å²) >= 11 is 3.42. The number of halogens is 1. The van der Waals surface area contributed by atoms with Crippen LogP contribution in [-0.2, 0) is 20.8 Å². The van der Waals surface area contributed by atoms with Gasteiger partial charge in [0.15, 0.2) is 29.6 Å². The van der Waals surface area contributed by atoms with Crippen LogP contribution in [0.15, 0.2) is 58.1 Å². The molecule has 0 saturated heterocycles. The van der Waals surface area contributed by atoms with Crippen molar-refractivity contribution in [3.63, 3.8) is 0 Å². The van der Waals surface area contributed by atoms with Crippen LogP contribution in [0.5, 0.6) is 23.0 Å². The van der Waals surface area contributed by atoms with Crippen molar-refractivity contribution in [3.05, 3.63) is 75.3 Å². The quantitative estimate of drug-likeness (QED) is 0.155. The topological polar surface area (TPSA) is 137 Å². The van der Waals surface area contributed by atoms with Crippen LogP contribution in [0.3, 0.4) is 0 Å². The Labute approximate surface area is 252 Å². The van der Waals surface area contributed by atoms with Gasteiger partial charge in [-0.3, -0.25) is 14.4 Å². The van der Waals surface area contributed by atoms with Gasteiger partial charge in [0.25, 0.3) is 5.91 Å². The third-order valence-corrected chi connectivity index (χ3v) is 6.67. The zero-order chi connectivity index (χ0) is 30.6. The largest absolute Gasteiger partial charge is 0.493 e. The smallest absolute Gasteiger partial charge is 0.329 e. The first-order valence-electron chi connectivity index (χ1n) is 12.8. The van der Waals surface area contributed by atoms with E-state index in [-0.39, 0.29) is 19.1 Å². The van der Waals surface area contributed by atoms with Crippen LogP contribution in [0.4, 0.5) is 5.69 Å². The average Bonchev–Trinajstić information content (AvgIpc) is 2.97. The molecular formula is C30H33BrN4O7. The summed E-state index contributed by atoms with van der Waals surface area (Å²) < 4.78 is 22.1. The highest BCUT2D eigenvalue weighted by Crippen LogP contribution is 2.36. The highest BCUT2D eigenvalue weighted by atomic mass is 79.9. The van der Waals surface area contributed by atoms with Crippen molar-refractivity contribution in [1.82, 2.24) is 10.7 Å². The molecule has 3 aromatic rings. The highest BCUT2D eigenvalue weighted by Gasteiger charge is 2.15. The summed E-state index contributed by atoms with van der Waals surface area (Å²) in [5.41, 5.74) is 6.29. The predicted octanol–water partition coefficient (Wildman–Crippen LogP) is 3.92. The number of para-hydroxylation sites is 1. The van der Waals surface area contributed by atoms with Gasteiger partial charge >= 0.3 is 11.8 Å². The lowest BCUT2D eigenvalue weighted by Gasteiger charge is -2.15. The molecule has 0 unspecified atom stereocenters. The van der Waals surface area contributed by atoms with Crippen molar-refractivity contribution in [3.8, 4) is 23.0 Å². The minimum absolute atomic E-state index is 0.236. The van der Waals surface area contributed by atoms with Crippen molar-refractivity contribution in [1.29, 1.82) is 0 Å². The molecular weight excluding hydrogens is 608 g/mol. The Morgan fingerprint density at radius 2 is 1.57 bits per heavy atom. The Morgan fingerprint density at radius 3 is 2.24 bits per heavy atom. The van der Waals surface area contributed by atoms with Gasteiger partial charge in [-0.05, 0) is 82.7 Å². The number of hydrogen-bond donors (Lipinski definition) is 3. The summed E-state index contributed by atoms with van der Waals surface area (Å²) in [5, 5.41) is 9.28. The maximum absolute atomic E-state index is 12.5. The first kappa shape index (κ1) is 31.9. The van der Waals surface area contributed by atoms with Crippen LogP contribution in [0.1, 0.15) is 22.3 Å². The number of amides is 3. The van der Waals surface area contributed by atoms with Crippen LogP contribution >= 0.6 is 15.9 Å². The highest BCUT2D eigenvalue weighted by molar-refractivity contribution is 9.10. The number of hydrogen-bond acceptors (Lipinski definition) is 8. The van der Waals surface area contributed by atoms with Gasteiger partial charge in [-0.15, -0.1) is 0 Å². The van der Waals surface area contributed by atoms with Crippen molar-refractivity contribution in [2.45, 2.75) is 20.3 Å². The Hall–Kier alpha value is -4.58. The van der Waals surface area contributed by atoms with E-state index in [0.717, 1.165) is 22.4 Å². The SMILES string of the molecule is COc1ccc(CCNC(=O)C(=O)N/N=C\c2cc(Br)c(OCC(=O)Nc3c(C)cccc3C)c(OC)c2)cc1OC. The number of nitrogens with zero attached hydrogens (tertiary/aromatic N) is 1. The number of ether oxygens (including phenoxy) is 4. The second-order valence-electron chi connectivity index (χ2n) is 9.03. The predicted molar refractivity (Wildman–Crippen MR) is 163 cm³/mol. The van der Waals surface area contributed by atoms with Gasteiger partial charge in [0, 0.05) is 12.2 Å². The zero-order valence-electron chi connectivity index (χ0n) is 24.0. The van der Waals surface area contributed by atoms with Crippen molar-refractivity contribution >= 4 is 45.6 Å². The lowest BCUT2D eigenvalue weighted by Crippen LogP contribution is -2.38. The standard InChI is InChI=1S/C30H33BrN4O7/c1-18-7-6-8-19(2)27(18)34-26(36)17-42-28-22(31)13-21(15-25(28)41-5)16-33-35-30(38)29(37)32-12-11-20-9-10-23(39-3)24(14-20)40-4/h6-10,13-16H,11-12,17H2,1-5H3,(H,32,37)(H,34,36)(H,35,38)/b33-16-. The summed E-state index contributed by atoms with van der Waals surface area (Å²) in [4.78, 5) is 36.8. The lowest BCUT2D eigenvalue weighted by atomic mass is 10.1. The fraction of sp³-hybridized carbons (Fsp3) is 0.267. The molecule has 12 heteroatoms. The molecule has 0 aliphatic heterocycles. The van der Waals surface area contributed by atoms with E-state index in [4.69, 9.17) is 18.9 Å². The van der Waals surface area contributed by atoms with E-state index in [9.17, 15) is 14.4 Å². The number of carbonyl (C=O) groups is 3. The zero-order valence-corrected chi connectivity index (χ0v) is 25.6. The third-order valence-electron chi connectivity index (χ3n) is 6.08. The molecule has 0 aliphatic carbocycles. The fourth-order valence-corrected chi connectivity index (χ4v) is 4.51. The molecule has 0 aliphatic rings. The average molecular weight is 642 g/mol. The Kier molecular flexibility index (Phi) is 11.7. The number of benzene rings is 3. The maximum Gasteiger partial charge on any atom is 0.329 e. The first-order valence-corrected chi connectivity index (χ1v) is 13.6. The Morgan fingerprint density at radius 1 is 0.881 bits per heavy atom. The summed E-state index contributed by atoms with van der Waals surface area (Å²) in [6.45, 7) is 3.83. The van der Waals surface area contributed by atoms with E-state index in [2.05, 4.69) is 37.1 Å². The van der Waals surface area contributed by atoms with E-state index in [1.807, 2.05) is 38.1 Å². The molecule has 3 aromatic carbocycles. The first-order chi connectivity index (χ1) is 20.2. The number of carbonyl (C=O) groups excluding carboxylic acids is 3.